The van der Waals surface area contributed by atoms with E-state index in [9.17, 15) is 0 Å². The first-order valence-corrected chi connectivity index (χ1v) is 9.81. The van der Waals surface area contributed by atoms with Crippen molar-refractivity contribution in [3.63, 3.8) is 0 Å². The highest BCUT2D eigenvalue weighted by Crippen LogP contribution is 2.43. The van der Waals surface area contributed by atoms with Gasteiger partial charge < -0.3 is 24.1 Å². The third-order valence-corrected chi connectivity index (χ3v) is 5.47. The van der Waals surface area contributed by atoms with Crippen LogP contribution in [0.5, 0.6) is 17.2 Å². The first kappa shape index (κ1) is 19.7. The Morgan fingerprint density at radius 2 is 1.43 bits per heavy atom. The number of hydrogen-bond acceptors (Lipinski definition) is 4. The molecule has 0 bridgehead atoms. The Morgan fingerprint density at radius 3 is 2.07 bits per heavy atom. The topological polar surface area (TPSA) is 46.7 Å². The second kappa shape index (κ2) is 8.41. The van der Waals surface area contributed by atoms with Gasteiger partial charge in [0.25, 0.3) is 0 Å². The number of aromatic nitrogens is 1. The molecule has 154 valence electrons. The maximum absolute atomic E-state index is 5.63. The molecule has 0 aliphatic rings. The summed E-state index contributed by atoms with van der Waals surface area (Å²) in [6, 6.07) is 22.7. The van der Waals surface area contributed by atoms with Crippen LogP contribution in [0, 0.1) is 0 Å². The molecular weight excluding hydrogens is 376 g/mol. The highest BCUT2D eigenvalue weighted by Gasteiger charge is 2.26. The number of H-pyrrole nitrogens is 1. The lowest BCUT2D eigenvalue weighted by Gasteiger charge is -2.31. The van der Waals surface area contributed by atoms with Crippen LogP contribution in [0.4, 0.5) is 5.69 Å². The molecule has 5 heteroatoms. The molecule has 1 heterocycles. The number of benzene rings is 3. The third-order valence-electron chi connectivity index (χ3n) is 5.47. The molecule has 1 unspecified atom stereocenters. The normalized spacial score (nSPS) is 11.9. The largest absolute Gasteiger partial charge is 0.493 e. The minimum Gasteiger partial charge on any atom is -0.493 e. The highest BCUT2D eigenvalue weighted by atomic mass is 16.5. The van der Waals surface area contributed by atoms with Gasteiger partial charge in [0.1, 0.15) is 0 Å². The van der Waals surface area contributed by atoms with E-state index in [-0.39, 0.29) is 6.04 Å². The second-order valence-electron chi connectivity index (χ2n) is 7.10. The molecule has 0 radical (unpaired) electrons. The smallest absolute Gasteiger partial charge is 0.203 e. The Morgan fingerprint density at radius 1 is 0.800 bits per heavy atom. The zero-order valence-electron chi connectivity index (χ0n) is 17.7. The number of nitrogens with zero attached hydrogens (tertiary/aromatic N) is 1. The van der Waals surface area contributed by atoms with Gasteiger partial charge in [-0.15, -0.1) is 0 Å². The average Bonchev–Trinajstić information content (AvgIpc) is 3.22. The van der Waals surface area contributed by atoms with Crippen LogP contribution in [0.3, 0.4) is 0 Å². The molecule has 30 heavy (non-hydrogen) atoms. The van der Waals surface area contributed by atoms with Crippen LogP contribution in [0.25, 0.3) is 10.9 Å². The number of rotatable bonds is 7. The van der Waals surface area contributed by atoms with Crippen molar-refractivity contribution in [2.45, 2.75) is 6.04 Å². The van der Waals surface area contributed by atoms with E-state index < -0.39 is 0 Å². The predicted molar refractivity (Wildman–Crippen MR) is 121 cm³/mol. The lowest BCUT2D eigenvalue weighted by Crippen LogP contribution is -2.25. The lowest BCUT2D eigenvalue weighted by atomic mass is 9.95. The van der Waals surface area contributed by atoms with Crippen molar-refractivity contribution in [2.75, 3.05) is 33.3 Å². The quantitative estimate of drug-likeness (QED) is 0.448. The molecule has 1 aromatic heterocycles. The fourth-order valence-electron chi connectivity index (χ4n) is 4.00. The first-order chi connectivity index (χ1) is 14.7. The van der Waals surface area contributed by atoms with Crippen LogP contribution in [-0.2, 0) is 0 Å². The van der Waals surface area contributed by atoms with E-state index in [2.05, 4.69) is 53.5 Å². The van der Waals surface area contributed by atoms with Gasteiger partial charge in [0.15, 0.2) is 11.5 Å². The van der Waals surface area contributed by atoms with Gasteiger partial charge in [-0.3, -0.25) is 0 Å². The fraction of sp³-hybridized carbons (Fsp3) is 0.200. The Labute approximate surface area is 176 Å². The van der Waals surface area contributed by atoms with Crippen molar-refractivity contribution in [1.29, 1.82) is 0 Å². The molecule has 5 nitrogen and oxygen atoms in total. The second-order valence-corrected chi connectivity index (χ2v) is 7.10. The maximum Gasteiger partial charge on any atom is 0.203 e. The zero-order chi connectivity index (χ0) is 21.1. The van der Waals surface area contributed by atoms with Crippen molar-refractivity contribution in [3.8, 4) is 17.2 Å². The summed E-state index contributed by atoms with van der Waals surface area (Å²) in [7, 11) is 7.00. The van der Waals surface area contributed by atoms with Crippen molar-refractivity contribution in [1.82, 2.24) is 4.98 Å². The van der Waals surface area contributed by atoms with E-state index in [4.69, 9.17) is 14.2 Å². The first-order valence-electron chi connectivity index (χ1n) is 9.81. The summed E-state index contributed by atoms with van der Waals surface area (Å²) in [5.74, 6) is 1.86. The summed E-state index contributed by atoms with van der Waals surface area (Å²) >= 11 is 0. The van der Waals surface area contributed by atoms with E-state index in [0.717, 1.165) is 16.8 Å². The van der Waals surface area contributed by atoms with Crippen molar-refractivity contribution < 1.29 is 14.2 Å². The SMILES string of the molecule is COc1cc(C(c2c[nH]c3ccccc23)N(C)c2ccccc2)cc(OC)c1OC. The Kier molecular flexibility index (Phi) is 5.53. The van der Waals surface area contributed by atoms with E-state index in [1.165, 1.54) is 10.9 Å². The number of methoxy groups -OCH3 is 3. The molecule has 0 saturated heterocycles. The third kappa shape index (κ3) is 3.43. The van der Waals surface area contributed by atoms with Crippen LogP contribution in [0.15, 0.2) is 72.9 Å². The minimum absolute atomic E-state index is 0.0720. The van der Waals surface area contributed by atoms with Crippen LogP contribution >= 0.6 is 0 Å². The average molecular weight is 402 g/mol. The highest BCUT2D eigenvalue weighted by molar-refractivity contribution is 5.85. The Balaban J connectivity index is 1.94. The molecular formula is C25H26N2O3. The van der Waals surface area contributed by atoms with E-state index in [1.54, 1.807) is 21.3 Å². The van der Waals surface area contributed by atoms with Crippen LogP contribution in [0.2, 0.25) is 0 Å². The predicted octanol–water partition coefficient (Wildman–Crippen LogP) is 5.42. The fourth-order valence-corrected chi connectivity index (χ4v) is 4.00. The summed E-state index contributed by atoms with van der Waals surface area (Å²) in [6.45, 7) is 0. The van der Waals surface area contributed by atoms with E-state index in [0.29, 0.717) is 17.2 Å². The molecule has 0 saturated carbocycles. The molecule has 4 rings (SSSR count). The van der Waals surface area contributed by atoms with Crippen LogP contribution in [-0.4, -0.2) is 33.4 Å². The number of fused-ring (bicyclic) bond motifs is 1. The Hall–Kier alpha value is -3.60. The van der Waals surface area contributed by atoms with Crippen molar-refractivity contribution in [3.05, 3.63) is 84.1 Å². The molecule has 3 aromatic carbocycles. The minimum atomic E-state index is -0.0720. The van der Waals surface area contributed by atoms with Gasteiger partial charge in [-0.25, -0.2) is 0 Å². The Bertz CT molecular complexity index is 1110. The standard InChI is InChI=1S/C25H26N2O3/c1-27(18-10-6-5-7-11-18)24(20-16-26-21-13-9-8-12-19(20)21)17-14-22(28-2)25(30-4)23(15-17)29-3/h5-16,24,26H,1-4H3. The van der Waals surface area contributed by atoms with Crippen molar-refractivity contribution >= 4 is 16.6 Å². The molecule has 1 N–H and O–H groups in total. The summed E-state index contributed by atoms with van der Waals surface area (Å²) in [4.78, 5) is 5.67. The van der Waals surface area contributed by atoms with Gasteiger partial charge in [-0.05, 0) is 35.9 Å². The summed E-state index contributed by atoms with van der Waals surface area (Å²) in [5.41, 5.74) is 4.43. The molecule has 0 aliphatic heterocycles. The van der Waals surface area contributed by atoms with Crippen molar-refractivity contribution in [2.24, 2.45) is 0 Å². The number of nitrogens with one attached hydrogen (secondary N) is 1. The number of hydrogen-bond donors (Lipinski definition) is 1. The number of aromatic amines is 1. The molecule has 1 atom stereocenters. The van der Waals surface area contributed by atoms with Gasteiger partial charge in [0, 0.05) is 35.4 Å². The summed E-state index contributed by atoms with van der Waals surface area (Å²) in [6.07, 6.45) is 2.08. The van der Waals surface area contributed by atoms with Crippen LogP contribution < -0.4 is 19.1 Å². The lowest BCUT2D eigenvalue weighted by molar-refractivity contribution is 0.323. The number of para-hydroxylation sites is 2. The van der Waals surface area contributed by atoms with E-state index in [1.807, 2.05) is 36.4 Å². The van der Waals surface area contributed by atoms with Gasteiger partial charge >= 0.3 is 0 Å². The molecule has 0 spiro atoms. The molecule has 4 aromatic rings. The number of ether oxygens (including phenoxy) is 3. The molecule has 0 aliphatic carbocycles. The molecule has 0 amide bonds. The molecule has 0 fully saturated rings. The van der Waals surface area contributed by atoms with E-state index >= 15 is 0 Å². The monoisotopic (exact) mass is 402 g/mol. The summed E-state index contributed by atoms with van der Waals surface area (Å²) in [5, 5.41) is 1.18. The van der Waals surface area contributed by atoms with Gasteiger partial charge in [0.05, 0.1) is 27.4 Å². The van der Waals surface area contributed by atoms with Gasteiger partial charge in [-0.1, -0.05) is 36.4 Å². The summed E-state index contributed by atoms with van der Waals surface area (Å²) < 4.78 is 16.8. The van der Waals surface area contributed by atoms with Gasteiger partial charge in [0.2, 0.25) is 5.75 Å². The van der Waals surface area contributed by atoms with Crippen LogP contribution in [0.1, 0.15) is 17.2 Å². The number of anilines is 1. The maximum atomic E-state index is 5.63. The zero-order valence-corrected chi connectivity index (χ0v) is 17.7. The van der Waals surface area contributed by atoms with Gasteiger partial charge in [-0.2, -0.15) is 0 Å².